The van der Waals surface area contributed by atoms with Gasteiger partial charge in [-0.2, -0.15) is 0 Å². The van der Waals surface area contributed by atoms with E-state index in [4.69, 9.17) is 18.0 Å². The molecule has 0 aliphatic heterocycles. The molecule has 0 aliphatic carbocycles. The van der Waals surface area contributed by atoms with E-state index in [1.807, 2.05) is 13.8 Å². The number of aldehydes is 1. The number of carbonyl (C=O) groups is 2. The maximum absolute atomic E-state index is 12.1. The quantitative estimate of drug-likeness (QED) is 0.607. The van der Waals surface area contributed by atoms with Crippen LogP contribution in [0.5, 0.6) is 0 Å². The summed E-state index contributed by atoms with van der Waals surface area (Å²) >= 11 is 0. The Kier molecular flexibility index (Phi) is 5.53. The molecule has 0 radical (unpaired) electrons. The molecule has 0 spiro atoms. The molecule has 3 heterocycles. The fourth-order valence-electron chi connectivity index (χ4n) is 2.42. The molecule has 0 saturated carbocycles. The van der Waals surface area contributed by atoms with Crippen molar-refractivity contribution in [2.24, 2.45) is 5.92 Å². The molecule has 29 heavy (non-hydrogen) atoms. The molecule has 154 valence electrons. The van der Waals surface area contributed by atoms with Gasteiger partial charge in [0.05, 0.1) is 0 Å². The summed E-state index contributed by atoms with van der Waals surface area (Å²) in [6.45, 7) is 9.19. The van der Waals surface area contributed by atoms with Crippen molar-refractivity contribution in [3.63, 3.8) is 0 Å². The second-order valence-electron chi connectivity index (χ2n) is 7.67. The number of carbonyl (C=O) groups excluding carboxylic acids is 2. The zero-order valence-corrected chi connectivity index (χ0v) is 16.8. The van der Waals surface area contributed by atoms with E-state index in [-0.39, 0.29) is 23.4 Å². The molecule has 3 aromatic heterocycles. The Labute approximate surface area is 166 Å². The first-order valence-corrected chi connectivity index (χ1v) is 8.98. The summed E-state index contributed by atoms with van der Waals surface area (Å²) in [6, 6.07) is -0.505. The molecule has 0 bridgehead atoms. The van der Waals surface area contributed by atoms with Crippen molar-refractivity contribution in [2.75, 3.05) is 0 Å². The highest BCUT2D eigenvalue weighted by Gasteiger charge is 2.27. The minimum atomic E-state index is -0.620. The van der Waals surface area contributed by atoms with Crippen molar-refractivity contribution in [1.29, 1.82) is 0 Å². The Balaban J connectivity index is 1.78. The summed E-state index contributed by atoms with van der Waals surface area (Å²) in [6.07, 6.45) is 3.94. The van der Waals surface area contributed by atoms with Crippen molar-refractivity contribution in [2.45, 2.75) is 46.3 Å². The van der Waals surface area contributed by atoms with Crippen LogP contribution in [0, 0.1) is 5.92 Å². The summed E-state index contributed by atoms with van der Waals surface area (Å²) in [5.74, 6) is 0.612. The molecule has 10 nitrogen and oxygen atoms in total. The summed E-state index contributed by atoms with van der Waals surface area (Å²) in [5, 5.41) is 2.77. The normalized spacial score (nSPS) is 12.8. The highest BCUT2D eigenvalue weighted by atomic mass is 16.6. The molecular formula is C19H22N4O6. The van der Waals surface area contributed by atoms with Gasteiger partial charge in [0.2, 0.25) is 17.7 Å². The number of alkyl carbamates (subject to hydrolysis) is 1. The number of hydrogen-bond acceptors (Lipinski definition) is 9. The van der Waals surface area contributed by atoms with Gasteiger partial charge < -0.3 is 23.3 Å². The van der Waals surface area contributed by atoms with Crippen LogP contribution in [0.3, 0.4) is 0 Å². The molecule has 1 amide bonds. The van der Waals surface area contributed by atoms with Crippen LogP contribution in [0.15, 0.2) is 32.0 Å². The van der Waals surface area contributed by atoms with Gasteiger partial charge in [-0.25, -0.2) is 19.7 Å². The van der Waals surface area contributed by atoms with Crippen LogP contribution in [0.4, 0.5) is 4.79 Å². The average molecular weight is 402 g/mol. The SMILES string of the molecule is CC(C)[C@H](NC(=O)OC(C)(C)C)c1nc(-c2nc(-c3nc(C=O)co3)co2)co1. The summed E-state index contributed by atoms with van der Waals surface area (Å²) in [7, 11) is 0. The molecule has 0 unspecified atom stereocenters. The smallest absolute Gasteiger partial charge is 0.408 e. The van der Waals surface area contributed by atoms with Crippen LogP contribution >= 0.6 is 0 Å². The van der Waals surface area contributed by atoms with E-state index in [9.17, 15) is 9.59 Å². The van der Waals surface area contributed by atoms with Gasteiger partial charge in [-0.05, 0) is 26.7 Å². The van der Waals surface area contributed by atoms with Crippen molar-refractivity contribution in [1.82, 2.24) is 20.3 Å². The number of amides is 1. The standard InChI is InChI=1S/C19H22N4O6/c1-10(2)14(23-18(25)29-19(3,4)5)17-22-13(9-28-17)16-21-12(8-27-16)15-20-11(6-24)7-26-15/h6-10,14H,1-5H3,(H,23,25)/t14-/m0/s1. The van der Waals surface area contributed by atoms with Crippen LogP contribution in [-0.4, -0.2) is 32.9 Å². The van der Waals surface area contributed by atoms with Crippen molar-refractivity contribution < 1.29 is 27.6 Å². The van der Waals surface area contributed by atoms with E-state index in [0.29, 0.717) is 23.6 Å². The maximum atomic E-state index is 12.1. The van der Waals surface area contributed by atoms with Gasteiger partial charge in [0.1, 0.15) is 36.1 Å². The van der Waals surface area contributed by atoms with Gasteiger partial charge in [-0.1, -0.05) is 13.8 Å². The van der Waals surface area contributed by atoms with E-state index in [0.717, 1.165) is 0 Å². The van der Waals surface area contributed by atoms with Crippen LogP contribution in [0.25, 0.3) is 23.2 Å². The lowest BCUT2D eigenvalue weighted by Crippen LogP contribution is -2.37. The predicted molar refractivity (Wildman–Crippen MR) is 99.8 cm³/mol. The number of nitrogens with zero attached hydrogens (tertiary/aromatic N) is 3. The monoisotopic (exact) mass is 402 g/mol. The molecular weight excluding hydrogens is 380 g/mol. The fourth-order valence-corrected chi connectivity index (χ4v) is 2.42. The zero-order chi connectivity index (χ0) is 21.2. The summed E-state index contributed by atoms with van der Waals surface area (Å²) in [5.41, 5.74) is 0.183. The largest absolute Gasteiger partial charge is 0.446 e. The second kappa shape index (κ2) is 7.90. The third-order valence-electron chi connectivity index (χ3n) is 3.71. The lowest BCUT2D eigenvalue weighted by Gasteiger charge is -2.24. The van der Waals surface area contributed by atoms with Gasteiger partial charge in [0.25, 0.3) is 0 Å². The van der Waals surface area contributed by atoms with Crippen molar-refractivity contribution >= 4 is 12.4 Å². The topological polar surface area (TPSA) is 133 Å². The number of rotatable bonds is 6. The van der Waals surface area contributed by atoms with Crippen LogP contribution in [0.1, 0.15) is 57.0 Å². The molecule has 0 saturated heterocycles. The lowest BCUT2D eigenvalue weighted by molar-refractivity contribution is 0.0479. The predicted octanol–water partition coefficient (Wildman–Crippen LogP) is 4.02. The Morgan fingerprint density at radius 1 is 1.03 bits per heavy atom. The van der Waals surface area contributed by atoms with Gasteiger partial charge in [0.15, 0.2) is 17.7 Å². The Hall–Kier alpha value is -3.43. The van der Waals surface area contributed by atoms with Crippen LogP contribution < -0.4 is 5.32 Å². The maximum Gasteiger partial charge on any atom is 0.408 e. The van der Waals surface area contributed by atoms with E-state index in [1.165, 1.54) is 18.8 Å². The number of ether oxygens (including phenoxy) is 1. The highest BCUT2D eigenvalue weighted by molar-refractivity contribution is 5.72. The molecule has 0 aromatic carbocycles. The van der Waals surface area contributed by atoms with Gasteiger partial charge >= 0.3 is 6.09 Å². The minimum absolute atomic E-state index is 0.0109. The minimum Gasteiger partial charge on any atom is -0.446 e. The molecule has 0 fully saturated rings. The Morgan fingerprint density at radius 3 is 2.28 bits per heavy atom. The van der Waals surface area contributed by atoms with Crippen LogP contribution in [0.2, 0.25) is 0 Å². The second-order valence-corrected chi connectivity index (χ2v) is 7.67. The lowest BCUT2D eigenvalue weighted by atomic mass is 10.0. The summed E-state index contributed by atoms with van der Waals surface area (Å²) in [4.78, 5) is 35.5. The number of oxazole rings is 3. The zero-order valence-electron chi connectivity index (χ0n) is 16.8. The first kappa shape index (κ1) is 20.3. The van der Waals surface area contributed by atoms with E-state index >= 15 is 0 Å². The fraction of sp³-hybridized carbons (Fsp3) is 0.421. The van der Waals surface area contributed by atoms with Crippen LogP contribution in [-0.2, 0) is 4.74 Å². The number of nitrogens with one attached hydrogen (secondary N) is 1. The van der Waals surface area contributed by atoms with E-state index in [2.05, 4.69) is 20.3 Å². The van der Waals surface area contributed by atoms with Gasteiger partial charge in [-0.3, -0.25) is 4.79 Å². The molecule has 3 rings (SSSR count). The third kappa shape index (κ3) is 4.89. The third-order valence-corrected chi connectivity index (χ3v) is 3.71. The van der Waals surface area contributed by atoms with Crippen molar-refractivity contribution in [3.05, 3.63) is 30.4 Å². The Bertz CT molecular complexity index is 994. The molecule has 0 aliphatic rings. The van der Waals surface area contributed by atoms with Gasteiger partial charge in [0, 0.05) is 0 Å². The number of hydrogen-bond donors (Lipinski definition) is 1. The Morgan fingerprint density at radius 2 is 1.66 bits per heavy atom. The summed E-state index contributed by atoms with van der Waals surface area (Å²) < 4.78 is 21.4. The molecule has 3 aromatic rings. The molecule has 10 heteroatoms. The van der Waals surface area contributed by atoms with Gasteiger partial charge in [-0.15, -0.1) is 0 Å². The highest BCUT2D eigenvalue weighted by Crippen LogP contribution is 2.27. The van der Waals surface area contributed by atoms with E-state index < -0.39 is 17.7 Å². The van der Waals surface area contributed by atoms with Crippen molar-refractivity contribution in [3.8, 4) is 23.2 Å². The number of aromatic nitrogens is 3. The first-order chi connectivity index (χ1) is 13.7. The van der Waals surface area contributed by atoms with E-state index in [1.54, 1.807) is 20.8 Å². The first-order valence-electron chi connectivity index (χ1n) is 8.98. The molecule has 1 N–H and O–H groups in total. The average Bonchev–Trinajstić information content (AvgIpc) is 3.36. The molecule has 1 atom stereocenters.